The zero-order valence-electron chi connectivity index (χ0n) is 14.4. The van der Waals surface area contributed by atoms with Gasteiger partial charge in [0.1, 0.15) is 11.6 Å². The van der Waals surface area contributed by atoms with Gasteiger partial charge in [-0.1, -0.05) is 0 Å². The molecule has 8 heteroatoms. The fourth-order valence-electron chi connectivity index (χ4n) is 2.87. The summed E-state index contributed by atoms with van der Waals surface area (Å²) in [4.78, 5) is 17.8. The predicted molar refractivity (Wildman–Crippen MR) is 103 cm³/mol. The molecule has 1 heterocycles. The highest BCUT2D eigenvalue weighted by Crippen LogP contribution is 2.18. The Bertz CT molecular complexity index is 606. The van der Waals surface area contributed by atoms with Crippen molar-refractivity contribution in [3.05, 3.63) is 35.4 Å². The highest BCUT2D eigenvalue weighted by atomic mass is 127. The Labute approximate surface area is 163 Å². The van der Waals surface area contributed by atoms with Gasteiger partial charge in [0.15, 0.2) is 5.96 Å². The fourth-order valence-corrected chi connectivity index (χ4v) is 2.87. The van der Waals surface area contributed by atoms with E-state index < -0.39 is 11.6 Å². The summed E-state index contributed by atoms with van der Waals surface area (Å²) in [6.07, 6.45) is 1.79. The quantitative estimate of drug-likeness (QED) is 0.320. The SMILES string of the molecule is CN=C(NCCc1cc(F)ccc1F)N1CCC(C(=O)OC)CC1.I. The molecular weight excluding hydrogens is 443 g/mol. The first kappa shape index (κ1) is 21.6. The van der Waals surface area contributed by atoms with Gasteiger partial charge in [-0.15, -0.1) is 24.0 Å². The van der Waals surface area contributed by atoms with Gasteiger partial charge in [0, 0.05) is 26.7 Å². The van der Waals surface area contributed by atoms with E-state index in [9.17, 15) is 13.6 Å². The molecule has 1 saturated heterocycles. The van der Waals surface area contributed by atoms with Crippen LogP contribution in [0.4, 0.5) is 8.78 Å². The van der Waals surface area contributed by atoms with E-state index in [1.54, 1.807) is 7.05 Å². The molecule has 1 aromatic rings. The molecule has 1 fully saturated rings. The minimum absolute atomic E-state index is 0. The predicted octanol–water partition coefficient (Wildman–Crippen LogP) is 2.59. The monoisotopic (exact) mass is 467 g/mol. The van der Waals surface area contributed by atoms with E-state index in [0.29, 0.717) is 50.4 Å². The van der Waals surface area contributed by atoms with E-state index in [-0.39, 0.29) is 35.9 Å². The molecule has 1 aliphatic rings. The van der Waals surface area contributed by atoms with Gasteiger partial charge >= 0.3 is 5.97 Å². The van der Waals surface area contributed by atoms with Crippen LogP contribution in [-0.2, 0) is 16.0 Å². The van der Waals surface area contributed by atoms with Gasteiger partial charge < -0.3 is 15.0 Å². The minimum atomic E-state index is -0.444. The lowest BCUT2D eigenvalue weighted by molar-refractivity contribution is -0.146. The lowest BCUT2D eigenvalue weighted by Gasteiger charge is -2.33. The second-order valence-electron chi connectivity index (χ2n) is 5.74. The van der Waals surface area contributed by atoms with Crippen molar-refractivity contribution in [2.24, 2.45) is 10.9 Å². The second kappa shape index (κ2) is 10.5. The maximum Gasteiger partial charge on any atom is 0.308 e. The highest BCUT2D eigenvalue weighted by Gasteiger charge is 2.26. The third-order valence-corrected chi connectivity index (χ3v) is 4.23. The molecule has 2 rings (SSSR count). The van der Waals surface area contributed by atoms with Crippen molar-refractivity contribution >= 4 is 35.9 Å². The van der Waals surface area contributed by atoms with Crippen molar-refractivity contribution in [3.63, 3.8) is 0 Å². The molecule has 1 N–H and O–H groups in total. The number of nitrogens with one attached hydrogen (secondary N) is 1. The van der Waals surface area contributed by atoms with Crippen LogP contribution in [0, 0.1) is 17.6 Å². The number of carbonyl (C=O) groups is 1. The molecule has 0 spiro atoms. The number of hydrogen-bond donors (Lipinski definition) is 1. The molecule has 0 unspecified atom stereocenters. The average molecular weight is 467 g/mol. The van der Waals surface area contributed by atoms with Crippen molar-refractivity contribution in [2.75, 3.05) is 33.8 Å². The van der Waals surface area contributed by atoms with Crippen LogP contribution >= 0.6 is 24.0 Å². The summed E-state index contributed by atoms with van der Waals surface area (Å²) in [5.74, 6) is -0.382. The van der Waals surface area contributed by atoms with Crippen LogP contribution in [0.3, 0.4) is 0 Å². The zero-order chi connectivity index (χ0) is 17.5. The van der Waals surface area contributed by atoms with Gasteiger partial charge in [-0.05, 0) is 43.0 Å². The van der Waals surface area contributed by atoms with Crippen LogP contribution in [0.5, 0.6) is 0 Å². The molecule has 0 radical (unpaired) electrons. The average Bonchev–Trinajstić information content (AvgIpc) is 2.61. The summed E-state index contributed by atoms with van der Waals surface area (Å²) in [6, 6.07) is 3.45. The van der Waals surface area contributed by atoms with E-state index in [0.717, 1.165) is 12.1 Å². The largest absolute Gasteiger partial charge is 0.469 e. The van der Waals surface area contributed by atoms with Gasteiger partial charge in [-0.25, -0.2) is 8.78 Å². The lowest BCUT2D eigenvalue weighted by atomic mass is 9.97. The molecule has 1 aromatic carbocycles. The fraction of sp³-hybridized carbons (Fsp3) is 0.529. The normalized spacial score (nSPS) is 15.5. The lowest BCUT2D eigenvalue weighted by Crippen LogP contribution is -2.47. The molecule has 140 valence electrons. The molecule has 0 amide bonds. The van der Waals surface area contributed by atoms with Crippen LogP contribution in [0.25, 0.3) is 0 Å². The smallest absolute Gasteiger partial charge is 0.308 e. The first-order chi connectivity index (χ1) is 11.5. The molecule has 1 aliphatic heterocycles. The van der Waals surface area contributed by atoms with Crippen LogP contribution in [-0.4, -0.2) is 50.6 Å². The molecule has 0 atom stereocenters. The number of benzene rings is 1. The summed E-state index contributed by atoms with van der Waals surface area (Å²) in [6.45, 7) is 1.85. The van der Waals surface area contributed by atoms with Gasteiger partial charge in [0.05, 0.1) is 13.0 Å². The van der Waals surface area contributed by atoms with Gasteiger partial charge in [-0.3, -0.25) is 9.79 Å². The van der Waals surface area contributed by atoms with Crippen molar-refractivity contribution in [3.8, 4) is 0 Å². The number of likely N-dealkylation sites (tertiary alicyclic amines) is 1. The van der Waals surface area contributed by atoms with Gasteiger partial charge in [0.25, 0.3) is 0 Å². The van der Waals surface area contributed by atoms with E-state index in [4.69, 9.17) is 4.74 Å². The van der Waals surface area contributed by atoms with Crippen LogP contribution in [0.15, 0.2) is 23.2 Å². The maximum absolute atomic E-state index is 13.6. The van der Waals surface area contributed by atoms with Crippen molar-refractivity contribution < 1.29 is 18.3 Å². The Kier molecular flexibility index (Phi) is 9.09. The maximum atomic E-state index is 13.6. The third kappa shape index (κ3) is 6.09. The van der Waals surface area contributed by atoms with Crippen LogP contribution in [0.2, 0.25) is 0 Å². The Morgan fingerprint density at radius 2 is 2.04 bits per heavy atom. The summed E-state index contributed by atoms with van der Waals surface area (Å²) in [5, 5.41) is 3.16. The number of methoxy groups -OCH3 is 1. The van der Waals surface area contributed by atoms with Crippen molar-refractivity contribution in [1.82, 2.24) is 10.2 Å². The molecule has 0 aromatic heterocycles. The van der Waals surface area contributed by atoms with Gasteiger partial charge in [0.2, 0.25) is 0 Å². The molecule has 0 bridgehead atoms. The summed E-state index contributed by atoms with van der Waals surface area (Å²) < 4.78 is 31.5. The third-order valence-electron chi connectivity index (χ3n) is 4.23. The number of piperidine rings is 1. The highest BCUT2D eigenvalue weighted by molar-refractivity contribution is 14.0. The van der Waals surface area contributed by atoms with Crippen molar-refractivity contribution in [1.29, 1.82) is 0 Å². The van der Waals surface area contributed by atoms with E-state index >= 15 is 0 Å². The summed E-state index contributed by atoms with van der Waals surface area (Å²) >= 11 is 0. The number of hydrogen-bond acceptors (Lipinski definition) is 3. The minimum Gasteiger partial charge on any atom is -0.469 e. The van der Waals surface area contributed by atoms with Crippen LogP contribution < -0.4 is 5.32 Å². The summed E-state index contributed by atoms with van der Waals surface area (Å²) in [5.41, 5.74) is 0.336. The topological polar surface area (TPSA) is 53.9 Å². The Morgan fingerprint density at radius 3 is 2.64 bits per heavy atom. The first-order valence-electron chi connectivity index (χ1n) is 8.02. The van der Waals surface area contributed by atoms with Crippen LogP contribution in [0.1, 0.15) is 18.4 Å². The Hall–Kier alpha value is -1.45. The molecule has 0 aliphatic carbocycles. The number of ether oxygens (including phenoxy) is 1. The number of rotatable bonds is 4. The number of halogens is 3. The van der Waals surface area contributed by atoms with E-state index in [1.807, 2.05) is 0 Å². The number of guanidine groups is 1. The molecule has 5 nitrogen and oxygen atoms in total. The summed E-state index contributed by atoms with van der Waals surface area (Å²) in [7, 11) is 3.08. The number of aliphatic imine (C=N–C) groups is 1. The van der Waals surface area contributed by atoms with E-state index in [2.05, 4.69) is 15.2 Å². The molecule has 25 heavy (non-hydrogen) atoms. The number of esters is 1. The number of nitrogens with zero attached hydrogens (tertiary/aromatic N) is 2. The standard InChI is InChI=1S/C17H23F2N3O2.HI/c1-20-17(22-9-6-12(7-10-22)16(23)24-2)21-8-5-13-11-14(18)3-4-15(13)19;/h3-4,11-12H,5-10H2,1-2H3,(H,20,21);1H. The number of carbonyl (C=O) groups excluding carboxylic acids is 1. The Balaban J connectivity index is 0.00000312. The van der Waals surface area contributed by atoms with Crippen molar-refractivity contribution in [2.45, 2.75) is 19.3 Å². The molecular formula is C17H24F2IN3O2. The van der Waals surface area contributed by atoms with Gasteiger partial charge in [-0.2, -0.15) is 0 Å². The van der Waals surface area contributed by atoms with E-state index in [1.165, 1.54) is 13.2 Å². The second-order valence-corrected chi connectivity index (χ2v) is 5.74. The Morgan fingerprint density at radius 1 is 1.36 bits per heavy atom. The zero-order valence-corrected chi connectivity index (χ0v) is 16.8. The first-order valence-corrected chi connectivity index (χ1v) is 8.02. The molecule has 0 saturated carbocycles.